The molecule has 0 saturated heterocycles. The first-order valence-electron chi connectivity index (χ1n) is 7.17. The fraction of sp³-hybridized carbons (Fsp3) is 0.353. The quantitative estimate of drug-likeness (QED) is 0.795. The summed E-state index contributed by atoms with van der Waals surface area (Å²) in [5.41, 5.74) is 2.71. The maximum absolute atomic E-state index is 13.1. The Labute approximate surface area is 134 Å². The lowest BCUT2D eigenvalue weighted by molar-refractivity contribution is 0.0873. The van der Waals surface area contributed by atoms with Gasteiger partial charge in [-0.25, -0.2) is 9.97 Å². The molecule has 0 bridgehead atoms. The number of carbonyl (C=O) groups excluding carboxylic acids is 1. The molecule has 0 saturated carbocycles. The molecule has 1 atom stereocenters. The molecule has 0 aromatic carbocycles. The fourth-order valence-electron chi connectivity index (χ4n) is 3.08. The minimum Gasteiger partial charge on any atom is -0.481 e. The average Bonchev–Trinajstić information content (AvgIpc) is 2.50. The lowest BCUT2D eigenvalue weighted by Gasteiger charge is -2.34. The molecule has 5 heteroatoms. The van der Waals surface area contributed by atoms with Crippen LogP contribution in [0.25, 0.3) is 0 Å². The Morgan fingerprint density at radius 3 is 2.86 bits per heavy atom. The number of aromatic nitrogens is 2. The molecule has 0 amide bonds. The van der Waals surface area contributed by atoms with Crippen LogP contribution in [0.15, 0.2) is 24.4 Å². The Kier molecular flexibility index (Phi) is 3.65. The molecule has 0 spiro atoms. The molecule has 1 unspecified atom stereocenters. The third-order valence-corrected chi connectivity index (χ3v) is 4.63. The van der Waals surface area contributed by atoms with Gasteiger partial charge >= 0.3 is 0 Å². The van der Waals surface area contributed by atoms with Crippen molar-refractivity contribution < 1.29 is 9.53 Å². The van der Waals surface area contributed by atoms with Crippen molar-refractivity contribution in [3.63, 3.8) is 0 Å². The van der Waals surface area contributed by atoms with Gasteiger partial charge in [0.1, 0.15) is 5.15 Å². The Bertz CT molecular complexity index is 760. The van der Waals surface area contributed by atoms with Gasteiger partial charge in [0.25, 0.3) is 0 Å². The Hall–Kier alpha value is -1.94. The summed E-state index contributed by atoms with van der Waals surface area (Å²) in [5.74, 6) is 0.604. The highest BCUT2D eigenvalue weighted by Crippen LogP contribution is 2.39. The van der Waals surface area contributed by atoms with Crippen LogP contribution in [0.5, 0.6) is 5.88 Å². The van der Waals surface area contributed by atoms with E-state index in [2.05, 4.69) is 9.97 Å². The van der Waals surface area contributed by atoms with Gasteiger partial charge in [0.2, 0.25) is 5.88 Å². The van der Waals surface area contributed by atoms with Crippen molar-refractivity contribution in [2.45, 2.75) is 32.1 Å². The molecule has 2 aromatic heterocycles. The third kappa shape index (κ3) is 2.28. The molecular formula is C17H17ClN2O2. The number of halogens is 1. The van der Waals surface area contributed by atoms with E-state index in [-0.39, 0.29) is 5.78 Å². The number of pyridine rings is 2. The molecule has 1 aliphatic carbocycles. The first-order chi connectivity index (χ1) is 10.5. The van der Waals surface area contributed by atoms with E-state index >= 15 is 0 Å². The number of carbonyl (C=O) groups is 1. The smallest absolute Gasteiger partial charge is 0.213 e. The molecule has 4 nitrogen and oxygen atoms in total. The first-order valence-corrected chi connectivity index (χ1v) is 7.55. The maximum atomic E-state index is 13.1. The molecule has 0 radical (unpaired) electrons. The number of ether oxygens (including phenoxy) is 1. The molecule has 0 N–H and O–H groups in total. The average molecular weight is 317 g/mol. The summed E-state index contributed by atoms with van der Waals surface area (Å²) < 4.78 is 5.18. The lowest BCUT2D eigenvalue weighted by Crippen LogP contribution is -2.38. The van der Waals surface area contributed by atoms with Crippen LogP contribution in [0, 0.1) is 6.92 Å². The van der Waals surface area contributed by atoms with Crippen molar-refractivity contribution in [3.05, 3.63) is 51.9 Å². The fourth-order valence-corrected chi connectivity index (χ4v) is 3.35. The van der Waals surface area contributed by atoms with Crippen molar-refractivity contribution in [1.29, 1.82) is 0 Å². The number of hydrogen-bond acceptors (Lipinski definition) is 4. The zero-order valence-corrected chi connectivity index (χ0v) is 13.6. The number of methoxy groups -OCH3 is 1. The molecule has 2 aromatic rings. The molecule has 0 fully saturated rings. The monoisotopic (exact) mass is 316 g/mol. The summed E-state index contributed by atoms with van der Waals surface area (Å²) in [5, 5.41) is 0.443. The van der Waals surface area contributed by atoms with E-state index in [0.717, 1.165) is 23.2 Å². The van der Waals surface area contributed by atoms with Crippen LogP contribution in [0.4, 0.5) is 0 Å². The van der Waals surface area contributed by atoms with Gasteiger partial charge in [-0.1, -0.05) is 11.6 Å². The summed E-state index contributed by atoms with van der Waals surface area (Å²) in [6, 6.07) is 5.46. The number of aryl methyl sites for hydroxylation is 2. The highest BCUT2D eigenvalue weighted by molar-refractivity contribution is 6.29. The second-order valence-corrected chi connectivity index (χ2v) is 6.22. The van der Waals surface area contributed by atoms with E-state index in [9.17, 15) is 4.79 Å². The van der Waals surface area contributed by atoms with Crippen molar-refractivity contribution in [1.82, 2.24) is 9.97 Å². The predicted molar refractivity (Wildman–Crippen MR) is 84.8 cm³/mol. The summed E-state index contributed by atoms with van der Waals surface area (Å²) in [6.45, 7) is 3.88. The van der Waals surface area contributed by atoms with Crippen molar-refractivity contribution in [3.8, 4) is 5.88 Å². The van der Waals surface area contributed by atoms with Crippen molar-refractivity contribution in [2.24, 2.45) is 0 Å². The van der Waals surface area contributed by atoms with Gasteiger partial charge in [-0.05, 0) is 49.9 Å². The SMILES string of the molecule is COc1cc(C2(C)CCc3nc(Cl)cc(C)c3C2=O)ccn1. The van der Waals surface area contributed by atoms with Crippen LogP contribution in [-0.2, 0) is 11.8 Å². The Morgan fingerprint density at radius 1 is 1.36 bits per heavy atom. The third-order valence-electron chi connectivity index (χ3n) is 4.43. The highest BCUT2D eigenvalue weighted by Gasteiger charge is 2.41. The minimum atomic E-state index is -0.594. The number of nitrogens with zero attached hydrogens (tertiary/aromatic N) is 2. The van der Waals surface area contributed by atoms with Crippen molar-refractivity contribution in [2.75, 3.05) is 7.11 Å². The molecule has 3 rings (SSSR count). The standard InChI is InChI=1S/C17H17ClN2O2/c1-10-8-13(18)20-12-4-6-17(2,16(21)15(10)12)11-5-7-19-14(9-11)22-3/h5,7-9H,4,6H2,1-3H3. The number of ketones is 1. The molecular weight excluding hydrogens is 300 g/mol. The van der Waals surface area contributed by atoms with Gasteiger partial charge < -0.3 is 4.74 Å². The number of Topliss-reactive ketones (excluding diaryl/α,β-unsaturated/α-hetero) is 1. The topological polar surface area (TPSA) is 52.1 Å². The highest BCUT2D eigenvalue weighted by atomic mass is 35.5. The maximum Gasteiger partial charge on any atom is 0.213 e. The van der Waals surface area contributed by atoms with Crippen molar-refractivity contribution >= 4 is 17.4 Å². The molecule has 114 valence electrons. The molecule has 2 heterocycles. The van der Waals surface area contributed by atoms with Crippen LogP contribution < -0.4 is 4.74 Å². The number of hydrogen-bond donors (Lipinski definition) is 0. The second-order valence-electron chi connectivity index (χ2n) is 5.83. The van der Waals surface area contributed by atoms with Gasteiger partial charge in [0.15, 0.2) is 5.78 Å². The Balaban J connectivity index is 2.11. The lowest BCUT2D eigenvalue weighted by atomic mass is 9.68. The van der Waals surface area contributed by atoms with Gasteiger partial charge in [0, 0.05) is 17.8 Å². The van der Waals surface area contributed by atoms with Crippen LogP contribution in [0.1, 0.15) is 40.5 Å². The summed E-state index contributed by atoms with van der Waals surface area (Å²) in [6.07, 6.45) is 3.09. The van der Waals surface area contributed by atoms with Crippen LogP contribution in [0.2, 0.25) is 5.15 Å². The van der Waals surface area contributed by atoms with Gasteiger partial charge in [0.05, 0.1) is 18.2 Å². The van der Waals surface area contributed by atoms with Gasteiger partial charge in [-0.2, -0.15) is 0 Å². The normalized spacial score (nSPS) is 20.6. The van der Waals surface area contributed by atoms with Crippen LogP contribution in [-0.4, -0.2) is 22.9 Å². The van der Waals surface area contributed by atoms with Gasteiger partial charge in [-0.15, -0.1) is 0 Å². The summed E-state index contributed by atoms with van der Waals surface area (Å²) >= 11 is 6.01. The minimum absolute atomic E-state index is 0.0867. The van der Waals surface area contributed by atoms with E-state index < -0.39 is 5.41 Å². The molecule has 0 aliphatic heterocycles. The first kappa shape index (κ1) is 15.0. The molecule has 22 heavy (non-hydrogen) atoms. The molecule has 1 aliphatic rings. The van der Waals surface area contributed by atoms with Crippen LogP contribution >= 0.6 is 11.6 Å². The Morgan fingerprint density at radius 2 is 2.14 bits per heavy atom. The number of fused-ring (bicyclic) bond motifs is 1. The second kappa shape index (κ2) is 5.36. The van der Waals surface area contributed by atoms with E-state index in [1.165, 1.54) is 0 Å². The van der Waals surface area contributed by atoms with Gasteiger partial charge in [-0.3, -0.25) is 4.79 Å². The largest absolute Gasteiger partial charge is 0.481 e. The van der Waals surface area contributed by atoms with E-state index in [1.54, 1.807) is 19.4 Å². The zero-order valence-electron chi connectivity index (χ0n) is 12.8. The summed E-state index contributed by atoms with van der Waals surface area (Å²) in [4.78, 5) is 21.6. The van der Waals surface area contributed by atoms with E-state index in [0.29, 0.717) is 23.0 Å². The zero-order chi connectivity index (χ0) is 15.9. The van der Waals surface area contributed by atoms with E-state index in [4.69, 9.17) is 16.3 Å². The summed E-state index contributed by atoms with van der Waals surface area (Å²) in [7, 11) is 1.57. The predicted octanol–water partition coefficient (Wildman–Crippen LogP) is 3.53. The van der Waals surface area contributed by atoms with E-state index in [1.807, 2.05) is 26.0 Å². The number of rotatable bonds is 2. The van der Waals surface area contributed by atoms with Crippen LogP contribution in [0.3, 0.4) is 0 Å².